The molecule has 8 heteroatoms. The lowest BCUT2D eigenvalue weighted by atomic mass is 10.1. The number of fused-ring (bicyclic) bond motifs is 2. The molecule has 0 aliphatic rings. The van der Waals surface area contributed by atoms with Gasteiger partial charge < -0.3 is 28.4 Å². The molecule has 0 saturated carbocycles. The fourth-order valence-electron chi connectivity index (χ4n) is 4.80. The van der Waals surface area contributed by atoms with Crippen LogP contribution in [0.15, 0.2) is 133 Å². The summed E-state index contributed by atoms with van der Waals surface area (Å²) in [7, 11) is 0. The average Bonchev–Trinajstić information content (AvgIpc) is 3.08. The van der Waals surface area contributed by atoms with E-state index in [2.05, 4.69) is 13.2 Å². The van der Waals surface area contributed by atoms with E-state index in [4.69, 9.17) is 28.4 Å². The maximum atomic E-state index is 12.4. The highest BCUT2D eigenvalue weighted by atomic mass is 16.7. The van der Waals surface area contributed by atoms with Gasteiger partial charge in [-0.3, -0.25) is 0 Å². The van der Waals surface area contributed by atoms with E-state index in [1.165, 1.54) is 0 Å². The minimum absolute atomic E-state index is 0.195. The van der Waals surface area contributed by atoms with Crippen LogP contribution in [0.5, 0.6) is 23.0 Å². The minimum Gasteiger partial charge on any atom is -0.493 e. The fourth-order valence-corrected chi connectivity index (χ4v) is 4.80. The second-order valence-corrected chi connectivity index (χ2v) is 11.2. The molecule has 0 N–H and O–H groups in total. The molecule has 2 unspecified atom stereocenters. The zero-order valence-corrected chi connectivity index (χ0v) is 27.1. The summed E-state index contributed by atoms with van der Waals surface area (Å²) in [6.07, 6.45) is -1.29. The summed E-state index contributed by atoms with van der Waals surface area (Å²) in [4.78, 5) is 24.8. The van der Waals surface area contributed by atoms with Crippen molar-refractivity contribution in [2.75, 3.05) is 13.2 Å². The summed E-state index contributed by atoms with van der Waals surface area (Å²) in [6.45, 7) is 10.9. The maximum Gasteiger partial charge on any atom is 0.336 e. The largest absolute Gasteiger partial charge is 0.493 e. The smallest absolute Gasteiger partial charge is 0.336 e. The Kier molecular flexibility index (Phi) is 11.3. The molecule has 0 aliphatic carbocycles. The standard InChI is InChI=1S/C40H38O8/c1-27(2)39(41)47-37(45-35-20-9-14-29-12-5-7-18-33(29)35)22-24-43-31-16-11-17-32(26-31)44-25-23-38(48-40(42)28(3)4)46-36-21-10-15-30-13-6-8-19-34(30)36/h5-21,26,37-38H,1,3,22-25H2,2,4H3. The second kappa shape index (κ2) is 16.2. The maximum absolute atomic E-state index is 12.4. The molecule has 0 bridgehead atoms. The molecular weight excluding hydrogens is 608 g/mol. The summed E-state index contributed by atoms with van der Waals surface area (Å²) in [5.41, 5.74) is 0.540. The first-order valence-corrected chi connectivity index (χ1v) is 15.6. The van der Waals surface area contributed by atoms with Crippen molar-refractivity contribution in [2.45, 2.75) is 39.3 Å². The third-order valence-corrected chi connectivity index (χ3v) is 7.24. The third kappa shape index (κ3) is 9.16. The Morgan fingerprint density at radius 1 is 0.562 bits per heavy atom. The Hall–Kier alpha value is -5.76. The summed E-state index contributed by atoms with van der Waals surface area (Å²) in [5.74, 6) is 1.21. The third-order valence-electron chi connectivity index (χ3n) is 7.24. The average molecular weight is 647 g/mol. The molecule has 0 aliphatic heterocycles. The Balaban J connectivity index is 1.19. The van der Waals surface area contributed by atoms with Crippen molar-refractivity contribution in [1.82, 2.24) is 0 Å². The monoisotopic (exact) mass is 646 g/mol. The Bertz CT molecular complexity index is 1770. The van der Waals surface area contributed by atoms with E-state index < -0.39 is 24.5 Å². The van der Waals surface area contributed by atoms with Crippen LogP contribution in [-0.2, 0) is 19.1 Å². The van der Waals surface area contributed by atoms with Crippen LogP contribution in [0.1, 0.15) is 26.7 Å². The fraction of sp³-hybridized carbons (Fsp3) is 0.200. The van der Waals surface area contributed by atoms with E-state index >= 15 is 0 Å². The van der Waals surface area contributed by atoms with E-state index in [1.807, 2.05) is 84.9 Å². The van der Waals surface area contributed by atoms with Gasteiger partial charge in [-0.15, -0.1) is 0 Å². The number of ether oxygens (including phenoxy) is 6. The van der Waals surface area contributed by atoms with Crippen LogP contribution in [0.25, 0.3) is 21.5 Å². The number of carbonyl (C=O) groups excluding carboxylic acids is 2. The van der Waals surface area contributed by atoms with Gasteiger partial charge in [0.05, 0.1) is 26.1 Å². The van der Waals surface area contributed by atoms with Gasteiger partial charge >= 0.3 is 11.9 Å². The molecule has 0 spiro atoms. The summed E-state index contributed by atoms with van der Waals surface area (Å²) >= 11 is 0. The first-order valence-electron chi connectivity index (χ1n) is 15.6. The quantitative estimate of drug-likeness (QED) is 0.0598. The molecule has 0 amide bonds. The number of hydrogen-bond acceptors (Lipinski definition) is 8. The van der Waals surface area contributed by atoms with Gasteiger partial charge in [0.1, 0.15) is 23.0 Å². The molecule has 2 atom stereocenters. The minimum atomic E-state index is -0.903. The van der Waals surface area contributed by atoms with Crippen molar-refractivity contribution in [2.24, 2.45) is 0 Å². The first-order chi connectivity index (χ1) is 23.3. The van der Waals surface area contributed by atoms with E-state index in [1.54, 1.807) is 38.1 Å². The molecule has 0 saturated heterocycles. The van der Waals surface area contributed by atoms with E-state index in [0.717, 1.165) is 21.5 Å². The van der Waals surface area contributed by atoms with Gasteiger partial charge in [-0.25, -0.2) is 9.59 Å². The molecule has 5 aromatic rings. The van der Waals surface area contributed by atoms with Crippen molar-refractivity contribution >= 4 is 33.5 Å². The Morgan fingerprint density at radius 3 is 1.40 bits per heavy atom. The number of benzene rings is 5. The van der Waals surface area contributed by atoms with Crippen LogP contribution in [0, 0.1) is 0 Å². The van der Waals surface area contributed by atoms with E-state index in [9.17, 15) is 9.59 Å². The van der Waals surface area contributed by atoms with Crippen LogP contribution < -0.4 is 18.9 Å². The number of esters is 2. The van der Waals surface area contributed by atoms with Gasteiger partial charge in [-0.1, -0.05) is 92.0 Å². The predicted octanol–water partition coefficient (Wildman–Crippen LogP) is 8.58. The van der Waals surface area contributed by atoms with Crippen molar-refractivity contribution in [1.29, 1.82) is 0 Å². The molecule has 0 aromatic heterocycles. The van der Waals surface area contributed by atoms with Crippen molar-refractivity contribution in [3.05, 3.63) is 133 Å². The first kappa shape index (κ1) is 33.6. The topological polar surface area (TPSA) is 89.5 Å². The van der Waals surface area contributed by atoms with Crippen LogP contribution in [-0.4, -0.2) is 37.7 Å². The highest BCUT2D eigenvalue weighted by Gasteiger charge is 2.20. The van der Waals surface area contributed by atoms with Crippen LogP contribution in [0.3, 0.4) is 0 Å². The second-order valence-electron chi connectivity index (χ2n) is 11.2. The lowest BCUT2D eigenvalue weighted by molar-refractivity contribution is -0.161. The molecule has 8 nitrogen and oxygen atoms in total. The van der Waals surface area contributed by atoms with Crippen molar-refractivity contribution < 1.29 is 38.0 Å². The van der Waals surface area contributed by atoms with E-state index in [0.29, 0.717) is 23.0 Å². The van der Waals surface area contributed by atoms with Gasteiger partial charge in [0.2, 0.25) is 12.6 Å². The highest BCUT2D eigenvalue weighted by Crippen LogP contribution is 2.29. The lowest BCUT2D eigenvalue weighted by Gasteiger charge is -2.21. The zero-order valence-electron chi connectivity index (χ0n) is 27.1. The molecule has 5 aromatic carbocycles. The normalized spacial score (nSPS) is 12.0. The predicted molar refractivity (Wildman–Crippen MR) is 185 cm³/mol. The van der Waals surface area contributed by atoms with Gasteiger partial charge in [0.25, 0.3) is 0 Å². The summed E-state index contributed by atoms with van der Waals surface area (Å²) in [6, 6.07) is 34.2. The molecular formula is C40H38O8. The lowest BCUT2D eigenvalue weighted by Crippen LogP contribution is -2.27. The molecule has 0 radical (unpaired) electrons. The molecule has 246 valence electrons. The number of rotatable bonds is 16. The summed E-state index contributed by atoms with van der Waals surface area (Å²) in [5, 5.41) is 3.82. The van der Waals surface area contributed by atoms with Crippen LogP contribution in [0.2, 0.25) is 0 Å². The van der Waals surface area contributed by atoms with Crippen molar-refractivity contribution in [3.8, 4) is 23.0 Å². The van der Waals surface area contributed by atoms with Gasteiger partial charge in [0.15, 0.2) is 0 Å². The van der Waals surface area contributed by atoms with Gasteiger partial charge in [-0.05, 0) is 48.9 Å². The van der Waals surface area contributed by atoms with Crippen LogP contribution in [0.4, 0.5) is 0 Å². The number of hydrogen-bond donors (Lipinski definition) is 0. The highest BCUT2D eigenvalue weighted by molar-refractivity contribution is 5.90. The Morgan fingerprint density at radius 2 is 0.958 bits per heavy atom. The van der Waals surface area contributed by atoms with Crippen LogP contribution >= 0.6 is 0 Å². The van der Waals surface area contributed by atoms with Gasteiger partial charge in [0, 0.05) is 28.0 Å². The molecule has 48 heavy (non-hydrogen) atoms. The SMILES string of the molecule is C=C(C)C(=O)OC(CCOc1cccc(OCCC(OC(=O)C(=C)C)Oc2cccc3ccccc23)c1)Oc1cccc2ccccc12. The summed E-state index contributed by atoms with van der Waals surface area (Å²) < 4.78 is 35.5. The Labute approximate surface area is 280 Å². The number of carbonyl (C=O) groups is 2. The molecule has 5 rings (SSSR count). The molecule has 0 heterocycles. The zero-order chi connectivity index (χ0) is 33.9. The molecule has 0 fully saturated rings. The van der Waals surface area contributed by atoms with Crippen molar-refractivity contribution in [3.63, 3.8) is 0 Å². The van der Waals surface area contributed by atoms with Gasteiger partial charge in [-0.2, -0.15) is 0 Å². The van der Waals surface area contributed by atoms with E-state index in [-0.39, 0.29) is 37.2 Å².